The van der Waals surface area contributed by atoms with Gasteiger partial charge in [-0.25, -0.2) is 0 Å². The molecule has 0 amide bonds. The fourth-order valence-corrected chi connectivity index (χ4v) is 1.14. The highest BCUT2D eigenvalue weighted by molar-refractivity contribution is 4.70. The van der Waals surface area contributed by atoms with Crippen LogP contribution in [0.25, 0.3) is 0 Å². The van der Waals surface area contributed by atoms with E-state index in [4.69, 9.17) is 9.47 Å². The van der Waals surface area contributed by atoms with E-state index >= 15 is 0 Å². The number of ether oxygens (including phenoxy) is 2. The second kappa shape index (κ2) is 8.21. The molecule has 0 aromatic carbocycles. The number of methoxy groups -OCH3 is 1. The summed E-state index contributed by atoms with van der Waals surface area (Å²) in [6.45, 7) is 10.9. The summed E-state index contributed by atoms with van der Waals surface area (Å²) >= 11 is 0. The molecule has 1 N–H and O–H groups in total. The summed E-state index contributed by atoms with van der Waals surface area (Å²) < 4.78 is 10.3. The zero-order chi connectivity index (χ0) is 10.9. The normalized spacial score (nSPS) is 12.0. The molecule has 0 heterocycles. The Bertz CT molecular complexity index is 126. The fourth-order valence-electron chi connectivity index (χ4n) is 1.14. The molecular weight excluding hydrogens is 178 g/mol. The minimum atomic E-state index is 0.323. The van der Waals surface area contributed by atoms with Gasteiger partial charge in [-0.2, -0.15) is 0 Å². The van der Waals surface area contributed by atoms with Gasteiger partial charge in [0, 0.05) is 20.3 Å². The molecule has 0 rings (SSSR count). The van der Waals surface area contributed by atoms with Crippen molar-refractivity contribution >= 4 is 0 Å². The maximum atomic E-state index is 5.44. The molecule has 0 fully saturated rings. The maximum Gasteiger partial charge on any atom is 0.0700 e. The summed E-state index contributed by atoms with van der Waals surface area (Å²) in [5.74, 6) is 0. The molecule has 0 bridgehead atoms. The van der Waals surface area contributed by atoms with Crippen molar-refractivity contribution in [3.8, 4) is 0 Å². The second-order valence-corrected chi connectivity index (χ2v) is 4.30. The summed E-state index contributed by atoms with van der Waals surface area (Å²) in [6.07, 6.45) is 1.09. The van der Waals surface area contributed by atoms with Crippen molar-refractivity contribution in [1.82, 2.24) is 5.32 Å². The van der Waals surface area contributed by atoms with Crippen molar-refractivity contribution in [3.05, 3.63) is 0 Å². The first-order chi connectivity index (χ1) is 6.62. The van der Waals surface area contributed by atoms with Crippen LogP contribution in [-0.2, 0) is 9.47 Å². The lowest BCUT2D eigenvalue weighted by Crippen LogP contribution is -2.30. The molecule has 0 aliphatic rings. The van der Waals surface area contributed by atoms with Crippen LogP contribution in [0.1, 0.15) is 27.2 Å². The van der Waals surface area contributed by atoms with Gasteiger partial charge in [0.2, 0.25) is 0 Å². The molecule has 0 aromatic rings. The Hall–Kier alpha value is -0.120. The van der Waals surface area contributed by atoms with E-state index in [1.165, 1.54) is 0 Å². The molecule has 3 nitrogen and oxygen atoms in total. The van der Waals surface area contributed by atoms with Crippen LogP contribution < -0.4 is 5.32 Å². The van der Waals surface area contributed by atoms with Crippen molar-refractivity contribution in [3.63, 3.8) is 0 Å². The third kappa shape index (κ3) is 8.48. The second-order valence-electron chi connectivity index (χ2n) is 4.30. The monoisotopic (exact) mass is 203 g/mol. The summed E-state index contributed by atoms with van der Waals surface area (Å²) in [6, 6.07) is 0. The molecule has 14 heavy (non-hydrogen) atoms. The molecule has 0 radical (unpaired) electrons. The average Bonchev–Trinajstić information content (AvgIpc) is 2.15. The highest BCUT2D eigenvalue weighted by Crippen LogP contribution is 2.18. The Morgan fingerprint density at radius 2 is 1.86 bits per heavy atom. The third-order valence-electron chi connectivity index (χ3n) is 2.21. The minimum Gasteiger partial charge on any atom is -0.382 e. The van der Waals surface area contributed by atoms with Crippen molar-refractivity contribution in [2.24, 2.45) is 5.41 Å². The Labute approximate surface area is 88.2 Å². The van der Waals surface area contributed by atoms with Crippen molar-refractivity contribution in [2.45, 2.75) is 27.2 Å². The van der Waals surface area contributed by atoms with Crippen LogP contribution in [0.15, 0.2) is 0 Å². The quantitative estimate of drug-likeness (QED) is 0.578. The van der Waals surface area contributed by atoms with Crippen LogP contribution in [0.5, 0.6) is 0 Å². The molecule has 0 saturated heterocycles. The molecule has 0 unspecified atom stereocenters. The van der Waals surface area contributed by atoms with Crippen molar-refractivity contribution in [2.75, 3.05) is 40.0 Å². The van der Waals surface area contributed by atoms with E-state index in [9.17, 15) is 0 Å². The maximum absolute atomic E-state index is 5.44. The van der Waals surface area contributed by atoms with Crippen LogP contribution in [0, 0.1) is 5.41 Å². The fraction of sp³-hybridized carbons (Fsp3) is 1.00. The first-order valence-corrected chi connectivity index (χ1v) is 5.40. The van der Waals surface area contributed by atoms with Gasteiger partial charge in [0.15, 0.2) is 0 Å². The van der Waals surface area contributed by atoms with Gasteiger partial charge < -0.3 is 14.8 Å². The zero-order valence-electron chi connectivity index (χ0n) is 10.1. The highest BCUT2D eigenvalue weighted by Gasteiger charge is 2.16. The molecule has 0 aromatic heterocycles. The molecular formula is C11H25NO2. The van der Waals surface area contributed by atoms with Gasteiger partial charge in [0.25, 0.3) is 0 Å². The Kier molecular flexibility index (Phi) is 8.14. The van der Waals surface area contributed by atoms with E-state index < -0.39 is 0 Å². The van der Waals surface area contributed by atoms with E-state index in [2.05, 4.69) is 26.1 Å². The third-order valence-corrected chi connectivity index (χ3v) is 2.21. The van der Waals surface area contributed by atoms with Crippen LogP contribution in [0.3, 0.4) is 0 Å². The van der Waals surface area contributed by atoms with Crippen LogP contribution in [0.4, 0.5) is 0 Å². The van der Waals surface area contributed by atoms with E-state index in [0.717, 1.165) is 26.1 Å². The predicted molar refractivity (Wildman–Crippen MR) is 59.6 cm³/mol. The molecule has 0 atom stereocenters. The minimum absolute atomic E-state index is 0.323. The largest absolute Gasteiger partial charge is 0.382 e. The lowest BCUT2D eigenvalue weighted by molar-refractivity contribution is 0.0559. The molecule has 0 aliphatic heterocycles. The number of hydrogen-bond donors (Lipinski definition) is 1. The average molecular weight is 203 g/mol. The van der Waals surface area contributed by atoms with Gasteiger partial charge in [0.05, 0.1) is 13.2 Å². The summed E-state index contributed by atoms with van der Waals surface area (Å²) in [7, 11) is 1.69. The van der Waals surface area contributed by atoms with Gasteiger partial charge >= 0.3 is 0 Å². The Morgan fingerprint density at radius 1 is 1.14 bits per heavy atom. The van der Waals surface area contributed by atoms with Gasteiger partial charge in [-0.15, -0.1) is 0 Å². The van der Waals surface area contributed by atoms with Gasteiger partial charge in [-0.3, -0.25) is 0 Å². The highest BCUT2D eigenvalue weighted by atomic mass is 16.5. The summed E-state index contributed by atoms with van der Waals surface area (Å²) in [4.78, 5) is 0. The Balaban J connectivity index is 3.35. The van der Waals surface area contributed by atoms with Gasteiger partial charge in [0.1, 0.15) is 0 Å². The zero-order valence-corrected chi connectivity index (χ0v) is 10.1. The number of rotatable bonds is 9. The summed E-state index contributed by atoms with van der Waals surface area (Å²) in [5, 5.41) is 3.36. The molecule has 0 spiro atoms. The number of nitrogens with one attached hydrogen (secondary N) is 1. The number of hydrogen-bond acceptors (Lipinski definition) is 3. The Morgan fingerprint density at radius 3 is 2.43 bits per heavy atom. The molecule has 3 heteroatoms. The van der Waals surface area contributed by atoms with Gasteiger partial charge in [-0.05, 0) is 18.4 Å². The first-order valence-electron chi connectivity index (χ1n) is 5.40. The van der Waals surface area contributed by atoms with E-state index in [-0.39, 0.29) is 0 Å². The van der Waals surface area contributed by atoms with Crippen molar-refractivity contribution in [1.29, 1.82) is 0 Å². The van der Waals surface area contributed by atoms with Crippen LogP contribution in [0.2, 0.25) is 0 Å². The van der Waals surface area contributed by atoms with Crippen molar-refractivity contribution < 1.29 is 9.47 Å². The van der Waals surface area contributed by atoms with E-state index in [1.54, 1.807) is 7.11 Å². The smallest absolute Gasteiger partial charge is 0.0700 e. The van der Waals surface area contributed by atoms with Crippen LogP contribution >= 0.6 is 0 Å². The standard InChI is InChI=1S/C11H25NO2/c1-5-12-10-11(2,3)6-7-14-9-8-13-4/h12H,5-10H2,1-4H3. The lowest BCUT2D eigenvalue weighted by Gasteiger charge is -2.24. The summed E-state index contributed by atoms with van der Waals surface area (Å²) in [5.41, 5.74) is 0.323. The van der Waals surface area contributed by atoms with E-state index in [0.29, 0.717) is 18.6 Å². The molecule has 0 saturated carbocycles. The molecule has 0 aliphatic carbocycles. The first kappa shape index (κ1) is 13.9. The van der Waals surface area contributed by atoms with Crippen LogP contribution in [-0.4, -0.2) is 40.0 Å². The lowest BCUT2D eigenvalue weighted by atomic mass is 9.90. The topological polar surface area (TPSA) is 30.5 Å². The van der Waals surface area contributed by atoms with E-state index in [1.807, 2.05) is 0 Å². The molecule has 86 valence electrons. The van der Waals surface area contributed by atoms with Gasteiger partial charge in [-0.1, -0.05) is 20.8 Å². The SMILES string of the molecule is CCNCC(C)(C)CCOCCOC. The predicted octanol–water partition coefficient (Wildman–Crippen LogP) is 1.68.